The van der Waals surface area contributed by atoms with Crippen molar-refractivity contribution >= 4 is 11.8 Å². The second-order valence-corrected chi connectivity index (χ2v) is 5.21. The van der Waals surface area contributed by atoms with Crippen LogP contribution >= 0.6 is 0 Å². The SMILES string of the molecule is C[C@@H]1Oc2ccccc2O[C@@H]1C(=O)OCC(=O)c1ccccc1. The van der Waals surface area contributed by atoms with Crippen molar-refractivity contribution < 1.29 is 23.8 Å². The first-order valence-electron chi connectivity index (χ1n) is 7.32. The lowest BCUT2D eigenvalue weighted by Gasteiger charge is -2.30. The van der Waals surface area contributed by atoms with Crippen LogP contribution in [0.4, 0.5) is 0 Å². The summed E-state index contributed by atoms with van der Waals surface area (Å²) in [4.78, 5) is 24.1. The van der Waals surface area contributed by atoms with Crippen molar-refractivity contribution in [2.75, 3.05) is 6.61 Å². The second-order valence-electron chi connectivity index (χ2n) is 5.21. The van der Waals surface area contributed by atoms with Crippen molar-refractivity contribution in [1.82, 2.24) is 0 Å². The average Bonchev–Trinajstić information content (AvgIpc) is 2.59. The monoisotopic (exact) mass is 312 g/mol. The number of benzene rings is 2. The Balaban J connectivity index is 1.62. The third kappa shape index (κ3) is 3.34. The number of Topliss-reactive ketones (excluding diaryl/α,β-unsaturated/α-hetero) is 1. The zero-order chi connectivity index (χ0) is 16.2. The van der Waals surface area contributed by atoms with Gasteiger partial charge in [0.25, 0.3) is 0 Å². The Kier molecular flexibility index (Phi) is 4.28. The lowest BCUT2D eigenvalue weighted by atomic mass is 10.1. The van der Waals surface area contributed by atoms with E-state index < -0.39 is 18.2 Å². The van der Waals surface area contributed by atoms with Crippen LogP contribution in [-0.4, -0.2) is 30.6 Å². The molecule has 0 amide bonds. The molecule has 0 bridgehead atoms. The Morgan fingerprint density at radius 2 is 1.57 bits per heavy atom. The molecule has 0 aromatic heterocycles. The van der Waals surface area contributed by atoms with Gasteiger partial charge in [-0.05, 0) is 19.1 Å². The highest BCUT2D eigenvalue weighted by Gasteiger charge is 2.35. The van der Waals surface area contributed by atoms with Gasteiger partial charge in [0.15, 0.2) is 23.9 Å². The summed E-state index contributed by atoms with van der Waals surface area (Å²) in [6.07, 6.45) is -1.39. The number of ether oxygens (including phenoxy) is 3. The minimum atomic E-state index is -0.895. The van der Waals surface area contributed by atoms with Crippen molar-refractivity contribution in [3.05, 3.63) is 60.2 Å². The molecular formula is C18H16O5. The van der Waals surface area contributed by atoms with Gasteiger partial charge in [0.1, 0.15) is 6.10 Å². The summed E-state index contributed by atoms with van der Waals surface area (Å²) >= 11 is 0. The van der Waals surface area contributed by atoms with Crippen LogP contribution in [0.5, 0.6) is 11.5 Å². The van der Waals surface area contributed by atoms with E-state index in [4.69, 9.17) is 14.2 Å². The lowest BCUT2D eigenvalue weighted by molar-refractivity contribution is -0.156. The Morgan fingerprint density at radius 1 is 0.957 bits per heavy atom. The molecule has 5 heteroatoms. The minimum absolute atomic E-state index is 0.260. The normalized spacial score (nSPS) is 19.0. The smallest absolute Gasteiger partial charge is 0.351 e. The van der Waals surface area contributed by atoms with Gasteiger partial charge in [0, 0.05) is 5.56 Å². The highest BCUT2D eigenvalue weighted by molar-refractivity contribution is 5.98. The van der Waals surface area contributed by atoms with E-state index in [9.17, 15) is 9.59 Å². The predicted molar refractivity (Wildman–Crippen MR) is 82.7 cm³/mol. The van der Waals surface area contributed by atoms with Crippen molar-refractivity contribution in [3.63, 3.8) is 0 Å². The molecular weight excluding hydrogens is 296 g/mol. The van der Waals surface area contributed by atoms with E-state index in [0.29, 0.717) is 17.1 Å². The van der Waals surface area contributed by atoms with Crippen LogP contribution in [0.3, 0.4) is 0 Å². The topological polar surface area (TPSA) is 61.8 Å². The van der Waals surface area contributed by atoms with E-state index in [-0.39, 0.29) is 12.4 Å². The average molecular weight is 312 g/mol. The zero-order valence-electron chi connectivity index (χ0n) is 12.6. The summed E-state index contributed by atoms with van der Waals surface area (Å²) in [7, 11) is 0. The maximum atomic E-state index is 12.2. The molecule has 0 radical (unpaired) electrons. The van der Waals surface area contributed by atoms with E-state index in [1.165, 1.54) is 0 Å². The van der Waals surface area contributed by atoms with Crippen LogP contribution in [0.15, 0.2) is 54.6 Å². The molecule has 0 fully saturated rings. The molecule has 1 heterocycles. The Hall–Kier alpha value is -2.82. The predicted octanol–water partition coefficient (Wildman–Crippen LogP) is 2.64. The number of fused-ring (bicyclic) bond motifs is 1. The fourth-order valence-corrected chi connectivity index (χ4v) is 2.31. The van der Waals surface area contributed by atoms with Gasteiger partial charge in [-0.2, -0.15) is 0 Å². The molecule has 23 heavy (non-hydrogen) atoms. The Bertz CT molecular complexity index is 710. The molecule has 1 aliphatic heterocycles. The van der Waals surface area contributed by atoms with Gasteiger partial charge in [-0.25, -0.2) is 4.79 Å². The summed E-state index contributed by atoms with van der Waals surface area (Å²) in [6, 6.07) is 15.8. The summed E-state index contributed by atoms with van der Waals surface area (Å²) in [5.74, 6) is 0.200. The van der Waals surface area contributed by atoms with Crippen molar-refractivity contribution in [2.24, 2.45) is 0 Å². The third-order valence-electron chi connectivity index (χ3n) is 3.52. The first-order chi connectivity index (χ1) is 11.1. The number of hydrogen-bond donors (Lipinski definition) is 0. The molecule has 2 atom stereocenters. The van der Waals surface area contributed by atoms with Crippen LogP contribution in [0.2, 0.25) is 0 Å². The van der Waals surface area contributed by atoms with Gasteiger partial charge in [-0.1, -0.05) is 42.5 Å². The molecule has 0 aliphatic carbocycles. The highest BCUT2D eigenvalue weighted by Crippen LogP contribution is 2.33. The molecule has 0 saturated heterocycles. The molecule has 2 aromatic carbocycles. The van der Waals surface area contributed by atoms with Crippen LogP contribution in [0.1, 0.15) is 17.3 Å². The third-order valence-corrected chi connectivity index (χ3v) is 3.52. The quantitative estimate of drug-likeness (QED) is 0.641. The Morgan fingerprint density at radius 3 is 2.26 bits per heavy atom. The molecule has 0 spiro atoms. The number of rotatable bonds is 4. The maximum Gasteiger partial charge on any atom is 0.351 e. The minimum Gasteiger partial charge on any atom is -0.482 e. The van der Waals surface area contributed by atoms with Crippen LogP contribution in [0, 0.1) is 0 Å². The molecule has 5 nitrogen and oxygen atoms in total. The zero-order valence-corrected chi connectivity index (χ0v) is 12.6. The standard InChI is InChI=1S/C18H16O5/c1-12-17(23-16-10-6-5-9-15(16)22-12)18(20)21-11-14(19)13-7-3-2-4-8-13/h2-10,12,17H,11H2,1H3/t12-,17-/m0/s1. The molecule has 1 aliphatic rings. The fourth-order valence-electron chi connectivity index (χ4n) is 2.31. The number of hydrogen-bond acceptors (Lipinski definition) is 5. The molecule has 0 saturated carbocycles. The van der Waals surface area contributed by atoms with Crippen LogP contribution < -0.4 is 9.47 Å². The number of para-hydroxylation sites is 2. The maximum absolute atomic E-state index is 12.2. The lowest BCUT2D eigenvalue weighted by Crippen LogP contribution is -2.44. The highest BCUT2D eigenvalue weighted by atomic mass is 16.6. The molecule has 2 aromatic rings. The van der Waals surface area contributed by atoms with E-state index in [0.717, 1.165) is 0 Å². The molecule has 118 valence electrons. The van der Waals surface area contributed by atoms with Crippen LogP contribution in [0.25, 0.3) is 0 Å². The van der Waals surface area contributed by atoms with Crippen molar-refractivity contribution in [2.45, 2.75) is 19.1 Å². The van der Waals surface area contributed by atoms with Gasteiger partial charge in [0.2, 0.25) is 6.10 Å². The first-order valence-corrected chi connectivity index (χ1v) is 7.32. The van der Waals surface area contributed by atoms with E-state index in [1.54, 1.807) is 49.4 Å². The van der Waals surface area contributed by atoms with Crippen LogP contribution in [-0.2, 0) is 9.53 Å². The number of ketones is 1. The van der Waals surface area contributed by atoms with E-state index in [1.807, 2.05) is 12.1 Å². The fraction of sp³-hybridized carbons (Fsp3) is 0.222. The number of esters is 1. The van der Waals surface area contributed by atoms with Gasteiger partial charge in [-0.15, -0.1) is 0 Å². The van der Waals surface area contributed by atoms with Gasteiger partial charge >= 0.3 is 5.97 Å². The molecule has 3 rings (SSSR count). The largest absolute Gasteiger partial charge is 0.482 e. The van der Waals surface area contributed by atoms with E-state index in [2.05, 4.69) is 0 Å². The summed E-state index contributed by atoms with van der Waals surface area (Å²) in [5, 5.41) is 0. The van der Waals surface area contributed by atoms with Crippen molar-refractivity contribution in [1.29, 1.82) is 0 Å². The van der Waals surface area contributed by atoms with E-state index >= 15 is 0 Å². The summed E-state index contributed by atoms with van der Waals surface area (Å²) in [5.41, 5.74) is 0.500. The second kappa shape index (κ2) is 6.52. The van der Waals surface area contributed by atoms with Gasteiger partial charge in [-0.3, -0.25) is 4.79 Å². The summed E-state index contributed by atoms with van der Waals surface area (Å²) in [6.45, 7) is 1.40. The number of carbonyl (C=O) groups is 2. The first kappa shape index (κ1) is 15.1. The number of carbonyl (C=O) groups excluding carboxylic acids is 2. The van der Waals surface area contributed by atoms with Crippen molar-refractivity contribution in [3.8, 4) is 11.5 Å². The Labute approximate surface area is 133 Å². The molecule has 0 N–H and O–H groups in total. The van der Waals surface area contributed by atoms with Gasteiger partial charge in [0.05, 0.1) is 0 Å². The van der Waals surface area contributed by atoms with Gasteiger partial charge < -0.3 is 14.2 Å². The summed E-state index contributed by atoms with van der Waals surface area (Å²) < 4.78 is 16.4. The molecule has 0 unspecified atom stereocenters.